The Labute approximate surface area is 121 Å². The van der Waals surface area contributed by atoms with Crippen LogP contribution >= 0.6 is 22.9 Å². The van der Waals surface area contributed by atoms with Crippen molar-refractivity contribution >= 4 is 34.8 Å². The molecule has 1 fully saturated rings. The molecule has 19 heavy (non-hydrogen) atoms. The van der Waals surface area contributed by atoms with Crippen LogP contribution < -0.4 is 0 Å². The van der Waals surface area contributed by atoms with Gasteiger partial charge in [-0.15, -0.1) is 11.3 Å². The van der Waals surface area contributed by atoms with E-state index in [0.29, 0.717) is 16.4 Å². The zero-order chi connectivity index (χ0) is 14.0. The first kappa shape index (κ1) is 14.3. The van der Waals surface area contributed by atoms with Gasteiger partial charge in [0, 0.05) is 12.6 Å². The van der Waals surface area contributed by atoms with Crippen molar-refractivity contribution in [1.82, 2.24) is 4.90 Å². The second-order valence-corrected chi connectivity index (χ2v) is 6.07. The van der Waals surface area contributed by atoms with E-state index in [2.05, 4.69) is 0 Å². The van der Waals surface area contributed by atoms with Gasteiger partial charge in [-0.05, 0) is 37.1 Å². The van der Waals surface area contributed by atoms with Crippen LogP contribution in [0.15, 0.2) is 5.38 Å². The number of likely N-dealkylation sites (tertiary alicyclic amines) is 1. The molecule has 0 saturated carbocycles. The molecule has 1 unspecified atom stereocenters. The first-order valence-electron chi connectivity index (χ1n) is 6.27. The number of piperidine rings is 1. The lowest BCUT2D eigenvalue weighted by Crippen LogP contribution is -2.44. The number of rotatable bonds is 3. The standard InChI is InChI=1S/C13H16ClNO3S/c1-8-7-19-12(11(8)14)13(18)15-5-3-2-4-9(15)6-10(16)17/h7,9H,2-6H2,1H3,(H,16,17). The van der Waals surface area contributed by atoms with Gasteiger partial charge in [0.1, 0.15) is 4.88 Å². The fraction of sp³-hybridized carbons (Fsp3) is 0.538. The number of aliphatic carboxylic acids is 1. The molecule has 6 heteroatoms. The quantitative estimate of drug-likeness (QED) is 0.933. The third-order valence-corrected chi connectivity index (χ3v) is 5.08. The van der Waals surface area contributed by atoms with E-state index in [1.165, 1.54) is 11.3 Å². The number of hydrogen-bond acceptors (Lipinski definition) is 3. The third kappa shape index (κ3) is 3.09. The van der Waals surface area contributed by atoms with E-state index in [4.69, 9.17) is 16.7 Å². The highest BCUT2D eigenvalue weighted by Crippen LogP contribution is 2.31. The van der Waals surface area contributed by atoms with E-state index in [9.17, 15) is 9.59 Å². The van der Waals surface area contributed by atoms with Gasteiger partial charge < -0.3 is 10.0 Å². The van der Waals surface area contributed by atoms with Crippen molar-refractivity contribution in [2.75, 3.05) is 6.54 Å². The maximum Gasteiger partial charge on any atom is 0.305 e. The van der Waals surface area contributed by atoms with Gasteiger partial charge in [0.15, 0.2) is 0 Å². The van der Waals surface area contributed by atoms with Crippen LogP contribution in [0.25, 0.3) is 0 Å². The Kier molecular flexibility index (Phi) is 4.47. The summed E-state index contributed by atoms with van der Waals surface area (Å²) < 4.78 is 0. The predicted octanol–water partition coefficient (Wildman–Crippen LogP) is 3.18. The number of carboxylic acids is 1. The highest BCUT2D eigenvalue weighted by Gasteiger charge is 2.30. The summed E-state index contributed by atoms with van der Waals surface area (Å²) in [5.74, 6) is -0.993. The van der Waals surface area contributed by atoms with Crippen LogP contribution in [0.3, 0.4) is 0 Å². The van der Waals surface area contributed by atoms with E-state index >= 15 is 0 Å². The normalized spacial score (nSPS) is 19.5. The molecule has 2 rings (SSSR count). The molecule has 0 radical (unpaired) electrons. The molecule has 0 aliphatic carbocycles. The van der Waals surface area contributed by atoms with Crippen LogP contribution in [-0.4, -0.2) is 34.5 Å². The maximum atomic E-state index is 12.5. The first-order valence-corrected chi connectivity index (χ1v) is 7.53. The molecule has 104 valence electrons. The number of thiophene rings is 1. The summed E-state index contributed by atoms with van der Waals surface area (Å²) >= 11 is 7.45. The molecule has 1 atom stereocenters. The number of carbonyl (C=O) groups is 2. The minimum Gasteiger partial charge on any atom is -0.481 e. The number of halogens is 1. The molecular formula is C13H16ClNO3S. The summed E-state index contributed by atoms with van der Waals surface area (Å²) in [5.41, 5.74) is 0.891. The Morgan fingerprint density at radius 2 is 2.26 bits per heavy atom. The molecular weight excluding hydrogens is 286 g/mol. The van der Waals surface area contributed by atoms with Crippen LogP contribution in [0.2, 0.25) is 5.02 Å². The minimum atomic E-state index is -0.863. The topological polar surface area (TPSA) is 57.6 Å². The summed E-state index contributed by atoms with van der Waals surface area (Å²) in [6, 6.07) is -0.211. The summed E-state index contributed by atoms with van der Waals surface area (Å²) in [7, 11) is 0. The van der Waals surface area contributed by atoms with Crippen LogP contribution in [0, 0.1) is 6.92 Å². The minimum absolute atomic E-state index is 0.00766. The van der Waals surface area contributed by atoms with Crippen molar-refractivity contribution in [3.63, 3.8) is 0 Å². The molecule has 0 bridgehead atoms. The number of aryl methyl sites for hydroxylation is 1. The molecule has 1 amide bonds. The van der Waals surface area contributed by atoms with E-state index in [-0.39, 0.29) is 18.4 Å². The van der Waals surface area contributed by atoms with Crippen molar-refractivity contribution < 1.29 is 14.7 Å². The second-order valence-electron chi connectivity index (χ2n) is 4.81. The number of carboxylic acid groups (broad SMARTS) is 1. The molecule has 1 aromatic rings. The van der Waals surface area contributed by atoms with Gasteiger partial charge in [0.2, 0.25) is 0 Å². The lowest BCUT2D eigenvalue weighted by molar-refractivity contribution is -0.138. The third-order valence-electron chi connectivity index (χ3n) is 3.39. The fourth-order valence-corrected chi connectivity index (χ4v) is 3.62. The van der Waals surface area contributed by atoms with Gasteiger partial charge in [-0.2, -0.15) is 0 Å². The van der Waals surface area contributed by atoms with Crippen molar-refractivity contribution in [1.29, 1.82) is 0 Å². The molecule has 1 aliphatic rings. The first-order chi connectivity index (χ1) is 9.00. The Hall–Kier alpha value is -1.07. The Morgan fingerprint density at radius 1 is 1.53 bits per heavy atom. The largest absolute Gasteiger partial charge is 0.481 e. The summed E-state index contributed by atoms with van der Waals surface area (Å²) in [6.45, 7) is 2.48. The Morgan fingerprint density at radius 3 is 2.84 bits per heavy atom. The SMILES string of the molecule is Cc1csc(C(=O)N2CCCCC2CC(=O)O)c1Cl. The van der Waals surface area contributed by atoms with Crippen LogP contribution in [0.4, 0.5) is 0 Å². The van der Waals surface area contributed by atoms with Crippen LogP contribution in [-0.2, 0) is 4.79 Å². The van der Waals surface area contributed by atoms with E-state index in [0.717, 1.165) is 24.8 Å². The van der Waals surface area contributed by atoms with Gasteiger partial charge in [-0.3, -0.25) is 9.59 Å². The molecule has 1 aliphatic heterocycles. The average molecular weight is 302 g/mol. The lowest BCUT2D eigenvalue weighted by Gasteiger charge is -2.34. The van der Waals surface area contributed by atoms with Crippen molar-refractivity contribution in [3.8, 4) is 0 Å². The predicted molar refractivity (Wildman–Crippen MR) is 75.0 cm³/mol. The average Bonchev–Trinajstić information content (AvgIpc) is 2.69. The fourth-order valence-electron chi connectivity index (χ4n) is 2.39. The van der Waals surface area contributed by atoms with Crippen molar-refractivity contribution in [2.45, 2.75) is 38.6 Å². The van der Waals surface area contributed by atoms with Gasteiger partial charge in [-0.1, -0.05) is 11.6 Å². The number of nitrogens with zero attached hydrogens (tertiary/aromatic N) is 1. The van der Waals surface area contributed by atoms with Crippen molar-refractivity contribution in [2.24, 2.45) is 0 Å². The van der Waals surface area contributed by atoms with Crippen LogP contribution in [0.5, 0.6) is 0 Å². The zero-order valence-electron chi connectivity index (χ0n) is 10.7. The van der Waals surface area contributed by atoms with Gasteiger partial charge in [0.25, 0.3) is 5.91 Å². The number of amides is 1. The number of carbonyl (C=O) groups excluding carboxylic acids is 1. The molecule has 1 N–H and O–H groups in total. The Bertz CT molecular complexity index is 500. The molecule has 0 spiro atoms. The van der Waals surface area contributed by atoms with Crippen molar-refractivity contribution in [3.05, 3.63) is 20.8 Å². The monoisotopic (exact) mass is 301 g/mol. The van der Waals surface area contributed by atoms with Gasteiger partial charge in [-0.25, -0.2) is 0 Å². The summed E-state index contributed by atoms with van der Waals surface area (Å²) in [6.07, 6.45) is 2.65. The highest BCUT2D eigenvalue weighted by molar-refractivity contribution is 7.13. The lowest BCUT2D eigenvalue weighted by atomic mass is 9.99. The molecule has 1 saturated heterocycles. The van der Waals surface area contributed by atoms with Gasteiger partial charge in [0.05, 0.1) is 11.4 Å². The molecule has 0 aromatic carbocycles. The second kappa shape index (κ2) is 5.92. The van der Waals surface area contributed by atoms with Crippen LogP contribution in [0.1, 0.15) is 40.9 Å². The Balaban J connectivity index is 2.20. The van der Waals surface area contributed by atoms with E-state index in [1.54, 1.807) is 4.90 Å². The number of hydrogen-bond donors (Lipinski definition) is 1. The molecule has 1 aromatic heterocycles. The molecule has 4 nitrogen and oxygen atoms in total. The van der Waals surface area contributed by atoms with E-state index < -0.39 is 5.97 Å². The maximum absolute atomic E-state index is 12.5. The van der Waals surface area contributed by atoms with E-state index in [1.807, 2.05) is 12.3 Å². The highest BCUT2D eigenvalue weighted by atomic mass is 35.5. The van der Waals surface area contributed by atoms with Gasteiger partial charge >= 0.3 is 5.97 Å². The smallest absolute Gasteiger partial charge is 0.305 e. The summed E-state index contributed by atoms with van der Waals surface area (Å²) in [4.78, 5) is 25.6. The zero-order valence-corrected chi connectivity index (χ0v) is 12.3. The summed E-state index contributed by atoms with van der Waals surface area (Å²) in [5, 5.41) is 11.3. The molecule has 2 heterocycles.